The van der Waals surface area contributed by atoms with E-state index in [1.54, 1.807) is 17.4 Å². The maximum absolute atomic E-state index is 12.3. The molecule has 3 rings (SSSR count). The predicted molar refractivity (Wildman–Crippen MR) is 80.6 cm³/mol. The molecule has 1 fully saturated rings. The number of likely N-dealkylation sites (tertiary alicyclic amines) is 1. The van der Waals surface area contributed by atoms with Gasteiger partial charge in [0.05, 0.1) is 11.2 Å². The second-order valence-corrected chi connectivity index (χ2v) is 6.54. The SMILES string of the molecule is Cc1cnc(C2CCN(C(=O)c3ccc(O)cn3)CC2)s1. The zero-order chi connectivity index (χ0) is 14.8. The molecule has 1 N–H and O–H groups in total. The Balaban J connectivity index is 1.63. The van der Waals surface area contributed by atoms with Crippen molar-refractivity contribution in [3.05, 3.63) is 40.1 Å². The highest BCUT2D eigenvalue weighted by Gasteiger charge is 2.26. The van der Waals surface area contributed by atoms with Crippen molar-refractivity contribution in [2.24, 2.45) is 0 Å². The lowest BCUT2D eigenvalue weighted by atomic mass is 9.97. The predicted octanol–water partition coefficient (Wildman–Crippen LogP) is 2.57. The number of pyridine rings is 1. The van der Waals surface area contributed by atoms with Crippen LogP contribution in [0.25, 0.3) is 0 Å². The number of hydrogen-bond acceptors (Lipinski definition) is 5. The molecule has 5 nitrogen and oxygen atoms in total. The molecule has 110 valence electrons. The molecule has 1 saturated heterocycles. The first kappa shape index (κ1) is 14.0. The lowest BCUT2D eigenvalue weighted by Gasteiger charge is -2.30. The molecule has 0 atom stereocenters. The van der Waals surface area contributed by atoms with Crippen molar-refractivity contribution >= 4 is 17.2 Å². The van der Waals surface area contributed by atoms with Crippen molar-refractivity contribution in [3.63, 3.8) is 0 Å². The smallest absolute Gasteiger partial charge is 0.272 e. The van der Waals surface area contributed by atoms with Crippen molar-refractivity contribution in [3.8, 4) is 5.75 Å². The summed E-state index contributed by atoms with van der Waals surface area (Å²) in [6.45, 7) is 3.52. The molecule has 0 radical (unpaired) electrons. The van der Waals surface area contributed by atoms with Crippen molar-refractivity contribution in [1.29, 1.82) is 0 Å². The van der Waals surface area contributed by atoms with Gasteiger partial charge in [0.1, 0.15) is 11.4 Å². The van der Waals surface area contributed by atoms with Crippen LogP contribution in [0.2, 0.25) is 0 Å². The molecule has 0 unspecified atom stereocenters. The van der Waals surface area contributed by atoms with Gasteiger partial charge in [0.2, 0.25) is 0 Å². The minimum absolute atomic E-state index is 0.0660. The maximum atomic E-state index is 12.3. The molecular weight excluding hydrogens is 286 g/mol. The lowest BCUT2D eigenvalue weighted by Crippen LogP contribution is -2.38. The minimum Gasteiger partial charge on any atom is -0.506 e. The maximum Gasteiger partial charge on any atom is 0.272 e. The average Bonchev–Trinajstić information content (AvgIpc) is 2.94. The van der Waals surface area contributed by atoms with Crippen LogP contribution >= 0.6 is 11.3 Å². The second-order valence-electron chi connectivity index (χ2n) is 5.28. The Kier molecular flexibility index (Phi) is 3.88. The van der Waals surface area contributed by atoms with Gasteiger partial charge in [-0.2, -0.15) is 0 Å². The normalized spacial score (nSPS) is 16.1. The number of amides is 1. The van der Waals surface area contributed by atoms with Crippen LogP contribution in [0.15, 0.2) is 24.5 Å². The molecule has 1 aliphatic rings. The third kappa shape index (κ3) is 3.05. The Bertz CT molecular complexity index is 631. The van der Waals surface area contributed by atoms with Crippen molar-refractivity contribution in [1.82, 2.24) is 14.9 Å². The van der Waals surface area contributed by atoms with E-state index in [-0.39, 0.29) is 11.7 Å². The van der Waals surface area contributed by atoms with Crippen LogP contribution < -0.4 is 0 Å². The molecule has 1 amide bonds. The van der Waals surface area contributed by atoms with E-state index in [9.17, 15) is 9.90 Å². The summed E-state index contributed by atoms with van der Waals surface area (Å²) < 4.78 is 0. The van der Waals surface area contributed by atoms with Crippen molar-refractivity contribution in [2.75, 3.05) is 13.1 Å². The van der Waals surface area contributed by atoms with Crippen molar-refractivity contribution in [2.45, 2.75) is 25.7 Å². The highest BCUT2D eigenvalue weighted by Crippen LogP contribution is 2.31. The minimum atomic E-state index is -0.0660. The highest BCUT2D eigenvalue weighted by molar-refractivity contribution is 7.11. The van der Waals surface area contributed by atoms with E-state index in [0.717, 1.165) is 25.9 Å². The molecule has 1 aliphatic heterocycles. The van der Waals surface area contributed by atoms with Crippen LogP contribution in [0.5, 0.6) is 5.75 Å². The molecule has 6 heteroatoms. The van der Waals surface area contributed by atoms with Gasteiger partial charge in [0.15, 0.2) is 0 Å². The van der Waals surface area contributed by atoms with Crippen LogP contribution in [0.1, 0.15) is 39.1 Å². The Morgan fingerprint density at radius 3 is 2.62 bits per heavy atom. The quantitative estimate of drug-likeness (QED) is 0.926. The van der Waals surface area contributed by atoms with Gasteiger partial charge in [0.25, 0.3) is 5.91 Å². The fourth-order valence-corrected chi connectivity index (χ4v) is 3.51. The van der Waals surface area contributed by atoms with Gasteiger partial charge in [-0.3, -0.25) is 4.79 Å². The van der Waals surface area contributed by atoms with Crippen LogP contribution in [0.3, 0.4) is 0 Å². The Morgan fingerprint density at radius 2 is 2.05 bits per heavy atom. The molecule has 3 heterocycles. The summed E-state index contributed by atoms with van der Waals surface area (Å²) >= 11 is 1.75. The number of carbonyl (C=O) groups is 1. The number of aromatic hydroxyl groups is 1. The van der Waals surface area contributed by atoms with Crippen LogP contribution in [0.4, 0.5) is 0 Å². The third-order valence-electron chi connectivity index (χ3n) is 3.74. The first-order chi connectivity index (χ1) is 10.1. The number of hydrogen-bond donors (Lipinski definition) is 1. The number of aromatic nitrogens is 2. The lowest BCUT2D eigenvalue weighted by molar-refractivity contribution is 0.0707. The van der Waals surface area contributed by atoms with Gasteiger partial charge in [-0.05, 0) is 31.9 Å². The van der Waals surface area contributed by atoms with Crippen LogP contribution in [-0.4, -0.2) is 39.0 Å². The zero-order valence-corrected chi connectivity index (χ0v) is 12.6. The molecule has 0 bridgehead atoms. The van der Waals surface area contributed by atoms with E-state index in [2.05, 4.69) is 16.9 Å². The Labute approximate surface area is 127 Å². The molecule has 0 aliphatic carbocycles. The summed E-state index contributed by atoms with van der Waals surface area (Å²) in [4.78, 5) is 23.8. The Morgan fingerprint density at radius 1 is 1.29 bits per heavy atom. The van der Waals surface area contributed by atoms with E-state index >= 15 is 0 Å². The molecule has 2 aromatic rings. The number of carbonyl (C=O) groups excluding carboxylic acids is 1. The first-order valence-electron chi connectivity index (χ1n) is 7.00. The van der Waals surface area contributed by atoms with Crippen LogP contribution in [0, 0.1) is 6.92 Å². The molecule has 2 aromatic heterocycles. The van der Waals surface area contributed by atoms with E-state index in [0.29, 0.717) is 11.6 Å². The second kappa shape index (κ2) is 5.81. The summed E-state index contributed by atoms with van der Waals surface area (Å²) in [5.41, 5.74) is 0.386. The van der Waals surface area contributed by atoms with Gasteiger partial charge >= 0.3 is 0 Å². The van der Waals surface area contributed by atoms with Crippen LogP contribution in [-0.2, 0) is 0 Å². The number of rotatable bonds is 2. The van der Waals surface area contributed by atoms with E-state index in [1.807, 2.05) is 11.1 Å². The third-order valence-corrected chi connectivity index (χ3v) is 4.81. The first-order valence-corrected chi connectivity index (χ1v) is 7.82. The Hall–Kier alpha value is -1.95. The molecule has 21 heavy (non-hydrogen) atoms. The molecule has 0 aromatic carbocycles. The standard InChI is InChI=1S/C15H17N3O2S/c1-10-8-17-14(21-10)11-4-6-18(7-5-11)15(20)13-3-2-12(19)9-16-13/h2-3,8-9,11,19H,4-7H2,1H3. The van der Waals surface area contributed by atoms with E-state index < -0.39 is 0 Å². The highest BCUT2D eigenvalue weighted by atomic mass is 32.1. The summed E-state index contributed by atoms with van der Waals surface area (Å²) in [6, 6.07) is 3.05. The fraction of sp³-hybridized carbons (Fsp3) is 0.400. The van der Waals surface area contributed by atoms with Gasteiger partial charge in [-0.1, -0.05) is 0 Å². The zero-order valence-electron chi connectivity index (χ0n) is 11.8. The molecular formula is C15H17N3O2S. The number of thiazole rings is 1. The van der Waals surface area contributed by atoms with Gasteiger partial charge in [0, 0.05) is 30.1 Å². The fourth-order valence-electron chi connectivity index (χ4n) is 2.57. The van der Waals surface area contributed by atoms with Gasteiger partial charge < -0.3 is 10.0 Å². The van der Waals surface area contributed by atoms with E-state index in [4.69, 9.17) is 0 Å². The van der Waals surface area contributed by atoms with E-state index in [1.165, 1.54) is 22.1 Å². The number of nitrogens with zero attached hydrogens (tertiary/aromatic N) is 3. The average molecular weight is 303 g/mol. The molecule has 0 spiro atoms. The van der Waals surface area contributed by atoms with Gasteiger partial charge in [-0.25, -0.2) is 9.97 Å². The topological polar surface area (TPSA) is 66.3 Å². The number of piperidine rings is 1. The van der Waals surface area contributed by atoms with Crippen molar-refractivity contribution < 1.29 is 9.90 Å². The summed E-state index contributed by atoms with van der Waals surface area (Å²) in [5, 5.41) is 10.4. The summed E-state index contributed by atoms with van der Waals surface area (Å²) in [7, 11) is 0. The molecule has 0 saturated carbocycles. The van der Waals surface area contributed by atoms with Gasteiger partial charge in [-0.15, -0.1) is 11.3 Å². The number of aryl methyl sites for hydroxylation is 1. The summed E-state index contributed by atoms with van der Waals surface area (Å²) in [5.74, 6) is 0.466. The largest absolute Gasteiger partial charge is 0.506 e. The summed E-state index contributed by atoms with van der Waals surface area (Å²) in [6.07, 6.45) is 5.10. The monoisotopic (exact) mass is 303 g/mol.